The molecule has 1 aliphatic rings. The van der Waals surface area contributed by atoms with E-state index in [9.17, 15) is 0 Å². The molecule has 43 heavy (non-hydrogen) atoms. The molecule has 6 rings (SSSR count). The van der Waals surface area contributed by atoms with E-state index in [0.717, 1.165) is 51.9 Å². The normalized spacial score (nSPS) is 14.0. The number of anilines is 1. The van der Waals surface area contributed by atoms with Crippen LogP contribution < -0.4 is 17.2 Å². The van der Waals surface area contributed by atoms with Crippen molar-refractivity contribution in [1.82, 2.24) is 4.98 Å². The van der Waals surface area contributed by atoms with Crippen LogP contribution in [0.1, 0.15) is 58.3 Å². The molecule has 0 fully saturated rings. The summed E-state index contributed by atoms with van der Waals surface area (Å²) in [6.45, 7) is 12.3. The van der Waals surface area contributed by atoms with Gasteiger partial charge in [-0.3, -0.25) is 0 Å². The predicted octanol–water partition coefficient (Wildman–Crippen LogP) is 8.58. The first kappa shape index (κ1) is 27.9. The number of nitrogens with two attached hydrogens (primary N) is 3. The largest absolute Gasteiger partial charge is 0.398 e. The van der Waals surface area contributed by atoms with Crippen molar-refractivity contribution in [2.24, 2.45) is 11.5 Å². The van der Waals surface area contributed by atoms with Crippen LogP contribution in [0, 0.1) is 6.92 Å². The van der Waals surface area contributed by atoms with Gasteiger partial charge < -0.3 is 22.2 Å². The van der Waals surface area contributed by atoms with Gasteiger partial charge in [0.2, 0.25) is 0 Å². The quantitative estimate of drug-likeness (QED) is 0.0909. The topological polar surface area (TPSA) is 93.8 Å². The van der Waals surface area contributed by atoms with Crippen LogP contribution in [0.2, 0.25) is 0 Å². The lowest BCUT2D eigenvalue weighted by Crippen LogP contribution is -2.09. The molecular weight excluding hydrogens is 524 g/mol. The van der Waals surface area contributed by atoms with Crippen LogP contribution in [-0.4, -0.2) is 4.98 Å². The summed E-state index contributed by atoms with van der Waals surface area (Å²) in [5.74, 6) is -0.0655. The number of fused-ring (bicyclic) bond motifs is 3. The molecule has 1 aliphatic carbocycles. The van der Waals surface area contributed by atoms with Gasteiger partial charge >= 0.3 is 0 Å². The van der Waals surface area contributed by atoms with E-state index in [0.29, 0.717) is 11.4 Å². The van der Waals surface area contributed by atoms with E-state index in [2.05, 4.69) is 104 Å². The average Bonchev–Trinajstić information content (AvgIpc) is 3.41. The van der Waals surface area contributed by atoms with Crippen molar-refractivity contribution in [2.45, 2.75) is 32.6 Å². The van der Waals surface area contributed by atoms with Crippen LogP contribution in [0.5, 0.6) is 0 Å². The summed E-state index contributed by atoms with van der Waals surface area (Å²) in [6.07, 6.45) is 5.71. The Balaban J connectivity index is 1.59. The Morgan fingerprint density at radius 2 is 1.60 bits per heavy atom. The molecule has 1 unspecified atom stereocenters. The lowest BCUT2D eigenvalue weighted by molar-refractivity contribution is 0.940. The Bertz CT molecular complexity index is 1940. The fourth-order valence-corrected chi connectivity index (χ4v) is 6.58. The molecule has 1 heterocycles. The molecule has 1 aromatic heterocycles. The summed E-state index contributed by atoms with van der Waals surface area (Å²) in [5.41, 5.74) is 34.7. The number of hydrogen-bond donors (Lipinski definition) is 4. The second kappa shape index (κ2) is 11.2. The van der Waals surface area contributed by atoms with Gasteiger partial charge in [0, 0.05) is 56.3 Å². The van der Waals surface area contributed by atoms with Gasteiger partial charge in [-0.15, -0.1) is 0 Å². The van der Waals surface area contributed by atoms with E-state index in [1.165, 1.54) is 38.9 Å². The first-order valence-corrected chi connectivity index (χ1v) is 14.7. The Morgan fingerprint density at radius 1 is 0.907 bits per heavy atom. The van der Waals surface area contributed by atoms with E-state index >= 15 is 0 Å². The highest BCUT2D eigenvalue weighted by Crippen LogP contribution is 2.42. The number of aromatic amines is 1. The van der Waals surface area contributed by atoms with Crippen LogP contribution in [0.25, 0.3) is 33.3 Å². The number of rotatable bonds is 7. The van der Waals surface area contributed by atoms with Crippen LogP contribution in [0.3, 0.4) is 0 Å². The zero-order valence-corrected chi connectivity index (χ0v) is 24.9. The fraction of sp³-hybridized carbons (Fsp3) is 0.128. The number of allylic oxidation sites excluding steroid dienone is 4. The van der Waals surface area contributed by atoms with Crippen molar-refractivity contribution in [3.05, 3.63) is 161 Å². The molecule has 7 N–H and O–H groups in total. The minimum Gasteiger partial charge on any atom is -0.398 e. The van der Waals surface area contributed by atoms with Gasteiger partial charge in [-0.2, -0.15) is 0 Å². The molecule has 0 radical (unpaired) electrons. The number of nitrogens with one attached hydrogen (secondary N) is 1. The average molecular weight is 563 g/mol. The maximum absolute atomic E-state index is 6.58. The van der Waals surface area contributed by atoms with Gasteiger partial charge in [0.15, 0.2) is 0 Å². The predicted molar refractivity (Wildman–Crippen MR) is 183 cm³/mol. The number of benzene rings is 4. The van der Waals surface area contributed by atoms with Gasteiger partial charge in [0.1, 0.15) is 0 Å². The second-order valence-electron chi connectivity index (χ2n) is 11.5. The zero-order valence-electron chi connectivity index (χ0n) is 24.9. The Morgan fingerprint density at radius 3 is 2.30 bits per heavy atom. The van der Waals surface area contributed by atoms with E-state index < -0.39 is 0 Å². The molecular formula is C39H38N4. The number of aryl methyl sites for hydroxylation is 2. The summed E-state index contributed by atoms with van der Waals surface area (Å²) < 4.78 is 0. The highest BCUT2D eigenvalue weighted by Gasteiger charge is 2.25. The summed E-state index contributed by atoms with van der Waals surface area (Å²) in [4.78, 5) is 3.65. The second-order valence-corrected chi connectivity index (χ2v) is 11.5. The molecule has 0 spiro atoms. The highest BCUT2D eigenvalue weighted by molar-refractivity contribution is 5.97. The molecule has 0 amide bonds. The number of aromatic nitrogens is 1. The van der Waals surface area contributed by atoms with Crippen molar-refractivity contribution in [2.75, 3.05) is 5.73 Å². The molecule has 4 aromatic carbocycles. The van der Waals surface area contributed by atoms with Crippen molar-refractivity contribution < 1.29 is 0 Å². The van der Waals surface area contributed by atoms with Crippen LogP contribution in [-0.2, 0) is 6.42 Å². The third-order valence-corrected chi connectivity index (χ3v) is 8.67. The Hall–Kier alpha value is -5.22. The van der Waals surface area contributed by atoms with E-state index in [4.69, 9.17) is 17.2 Å². The molecule has 0 saturated heterocycles. The van der Waals surface area contributed by atoms with Gasteiger partial charge in [0.05, 0.1) is 0 Å². The van der Waals surface area contributed by atoms with Crippen LogP contribution in [0.4, 0.5) is 5.69 Å². The first-order chi connectivity index (χ1) is 20.8. The molecule has 0 bridgehead atoms. The minimum atomic E-state index is -0.0655. The molecule has 214 valence electrons. The standard InChI is InChI=1S/C39H38N4/c1-5-31(40)36(23(2)3)30-22-28(18-20-32(30)41)38(27-16-14-26(15-17-27)25-10-7-6-8-11-25)29-19-21-35-37(24(29)4)39-33(42)12-9-13-34(39)43-35/h5-8,10-12,14-22,38,43H,1-2,9,13,40-42H2,3-4H3/b36-31-. The van der Waals surface area contributed by atoms with Crippen molar-refractivity contribution in [3.8, 4) is 11.1 Å². The highest BCUT2D eigenvalue weighted by atomic mass is 14.7. The SMILES string of the molecule is C=C/C(N)=C(\C(=C)C)c1cc(C(c2ccc(-c3ccccc3)cc2)c2ccc3[nH]c4c(c3c2C)C(N)=CCC4)ccc1N. The molecule has 0 saturated carbocycles. The number of hydrogen-bond acceptors (Lipinski definition) is 3. The van der Waals surface area contributed by atoms with Crippen molar-refractivity contribution >= 4 is 27.9 Å². The molecule has 0 aliphatic heterocycles. The molecule has 1 atom stereocenters. The van der Waals surface area contributed by atoms with Gasteiger partial charge in [-0.1, -0.05) is 86.0 Å². The monoisotopic (exact) mass is 562 g/mol. The first-order valence-electron chi connectivity index (χ1n) is 14.7. The number of H-pyrrole nitrogens is 1. The third-order valence-electron chi connectivity index (χ3n) is 8.67. The van der Waals surface area contributed by atoms with E-state index in [1.54, 1.807) is 6.08 Å². The van der Waals surface area contributed by atoms with Crippen molar-refractivity contribution in [3.63, 3.8) is 0 Å². The molecule has 5 aromatic rings. The van der Waals surface area contributed by atoms with Crippen molar-refractivity contribution in [1.29, 1.82) is 0 Å². The fourth-order valence-electron chi connectivity index (χ4n) is 6.58. The lowest BCUT2D eigenvalue weighted by Gasteiger charge is -2.24. The maximum Gasteiger partial charge on any atom is 0.0466 e. The number of nitrogen functional groups attached to an aromatic ring is 1. The van der Waals surface area contributed by atoms with Gasteiger partial charge in [-0.25, -0.2) is 0 Å². The lowest BCUT2D eigenvalue weighted by atomic mass is 9.80. The summed E-state index contributed by atoms with van der Waals surface area (Å²) >= 11 is 0. The van der Waals surface area contributed by atoms with Gasteiger partial charge in [0.25, 0.3) is 0 Å². The minimum absolute atomic E-state index is 0.0655. The summed E-state index contributed by atoms with van der Waals surface area (Å²) in [5, 5.41) is 1.20. The Labute approximate surface area is 253 Å². The van der Waals surface area contributed by atoms with Gasteiger partial charge in [-0.05, 0) is 89.9 Å². The van der Waals surface area contributed by atoms with Crippen LogP contribution >= 0.6 is 0 Å². The maximum atomic E-state index is 6.58. The van der Waals surface area contributed by atoms with E-state index in [-0.39, 0.29) is 5.92 Å². The molecule has 4 nitrogen and oxygen atoms in total. The third kappa shape index (κ3) is 4.95. The van der Waals surface area contributed by atoms with Crippen LogP contribution in [0.15, 0.2) is 122 Å². The summed E-state index contributed by atoms with van der Waals surface area (Å²) in [7, 11) is 0. The smallest absolute Gasteiger partial charge is 0.0466 e. The molecule has 4 heteroatoms. The van der Waals surface area contributed by atoms with E-state index in [1.807, 2.05) is 19.1 Å². The summed E-state index contributed by atoms with van der Waals surface area (Å²) in [6, 6.07) is 30.0. The Kier molecular flexibility index (Phi) is 7.29. The zero-order chi connectivity index (χ0) is 30.2.